The maximum Gasteiger partial charge on any atom is 0.271 e. The molecule has 0 saturated carbocycles. The van der Waals surface area contributed by atoms with E-state index >= 15 is 0 Å². The Morgan fingerprint density at radius 2 is 1.96 bits per heavy atom. The summed E-state index contributed by atoms with van der Waals surface area (Å²) in [6.45, 7) is 0. The van der Waals surface area contributed by atoms with Crippen LogP contribution in [0.2, 0.25) is 5.15 Å². The Balaban J connectivity index is 1.82. The molecular weight excluding hydrogens is 380 g/mol. The highest BCUT2D eigenvalue weighted by Gasteiger charge is 2.17. The first-order valence-corrected chi connectivity index (χ1v) is 8.59. The lowest BCUT2D eigenvalue weighted by Gasteiger charge is -2.13. The number of aromatic nitrogens is 2. The quantitative estimate of drug-likeness (QED) is 0.513. The van der Waals surface area contributed by atoms with Crippen molar-refractivity contribution in [1.29, 1.82) is 0 Å². The first-order chi connectivity index (χ1) is 12.6. The summed E-state index contributed by atoms with van der Waals surface area (Å²) in [7, 11) is 4.45. The molecule has 0 bridgehead atoms. The van der Waals surface area contributed by atoms with E-state index in [1.165, 1.54) is 51.0 Å². The molecule has 1 N–H and O–H groups in total. The summed E-state index contributed by atoms with van der Waals surface area (Å²) in [5.74, 6) is 0.711. The van der Waals surface area contributed by atoms with Gasteiger partial charge in [-0.2, -0.15) is 5.10 Å². The molecule has 1 aromatic carbocycles. The number of fused-ring (bicyclic) bond motifs is 1. The lowest BCUT2D eigenvalue weighted by atomic mass is 10.1. The molecule has 10 heteroatoms. The number of rotatable bonds is 6. The SMILES string of the molecule is COc1cc(C(=O)N/N=C\c2c(Cl)nc3sccn23)cc(OC)c1OC. The van der Waals surface area contributed by atoms with Gasteiger partial charge in [0.2, 0.25) is 5.75 Å². The van der Waals surface area contributed by atoms with Gasteiger partial charge in [0.25, 0.3) is 5.91 Å². The van der Waals surface area contributed by atoms with E-state index in [1.54, 1.807) is 4.40 Å². The first kappa shape index (κ1) is 18.0. The second-order valence-electron chi connectivity index (χ2n) is 4.96. The summed E-state index contributed by atoms with van der Waals surface area (Å²) < 4.78 is 17.5. The second kappa shape index (κ2) is 7.63. The summed E-state index contributed by atoms with van der Waals surface area (Å²) in [6.07, 6.45) is 3.26. The van der Waals surface area contributed by atoms with Crippen molar-refractivity contribution in [3.8, 4) is 17.2 Å². The highest BCUT2D eigenvalue weighted by Crippen LogP contribution is 2.38. The zero-order valence-electron chi connectivity index (χ0n) is 14.1. The number of methoxy groups -OCH3 is 3. The lowest BCUT2D eigenvalue weighted by Crippen LogP contribution is -2.18. The van der Waals surface area contributed by atoms with Gasteiger partial charge < -0.3 is 14.2 Å². The van der Waals surface area contributed by atoms with Crippen LogP contribution in [0.25, 0.3) is 4.96 Å². The van der Waals surface area contributed by atoms with Crippen LogP contribution >= 0.6 is 22.9 Å². The lowest BCUT2D eigenvalue weighted by molar-refractivity contribution is 0.0954. The number of nitrogens with zero attached hydrogens (tertiary/aromatic N) is 3. The summed E-state index contributed by atoms with van der Waals surface area (Å²) >= 11 is 7.53. The molecule has 0 aliphatic carbocycles. The van der Waals surface area contributed by atoms with Gasteiger partial charge in [-0.25, -0.2) is 10.4 Å². The minimum absolute atomic E-state index is 0.303. The van der Waals surface area contributed by atoms with Crippen LogP contribution < -0.4 is 19.6 Å². The Morgan fingerprint density at radius 3 is 2.58 bits per heavy atom. The maximum atomic E-state index is 12.4. The fraction of sp³-hybridized carbons (Fsp3) is 0.188. The first-order valence-electron chi connectivity index (χ1n) is 7.33. The molecule has 0 radical (unpaired) electrons. The molecule has 0 spiro atoms. The molecule has 136 valence electrons. The van der Waals surface area contributed by atoms with Crippen molar-refractivity contribution in [2.24, 2.45) is 5.10 Å². The Kier molecular flexibility index (Phi) is 5.29. The van der Waals surface area contributed by atoms with Gasteiger partial charge >= 0.3 is 0 Å². The van der Waals surface area contributed by atoms with Crippen LogP contribution in [0.3, 0.4) is 0 Å². The van der Waals surface area contributed by atoms with Gasteiger partial charge in [-0.1, -0.05) is 11.6 Å². The normalized spacial score (nSPS) is 11.1. The van der Waals surface area contributed by atoms with Crippen molar-refractivity contribution in [3.05, 3.63) is 40.1 Å². The molecular formula is C16H15ClN4O4S. The van der Waals surface area contributed by atoms with Gasteiger partial charge in [-0.15, -0.1) is 11.3 Å². The van der Waals surface area contributed by atoms with Gasteiger partial charge in [0.05, 0.1) is 27.5 Å². The van der Waals surface area contributed by atoms with Crippen LogP contribution in [-0.2, 0) is 0 Å². The van der Waals surface area contributed by atoms with E-state index in [9.17, 15) is 4.79 Å². The number of nitrogens with one attached hydrogen (secondary N) is 1. The highest BCUT2D eigenvalue weighted by atomic mass is 35.5. The van der Waals surface area contributed by atoms with Gasteiger partial charge in [0, 0.05) is 17.1 Å². The summed E-state index contributed by atoms with van der Waals surface area (Å²) in [5.41, 5.74) is 3.32. The predicted octanol–water partition coefficient (Wildman–Crippen LogP) is 2.84. The third-order valence-corrected chi connectivity index (χ3v) is 4.57. The number of imidazole rings is 1. The van der Waals surface area contributed by atoms with Crippen LogP contribution in [0.1, 0.15) is 16.1 Å². The fourth-order valence-corrected chi connectivity index (χ4v) is 3.31. The number of amides is 1. The molecule has 2 heterocycles. The van der Waals surface area contributed by atoms with Crippen LogP contribution in [-0.4, -0.2) is 42.8 Å². The van der Waals surface area contributed by atoms with Gasteiger partial charge in [-0.3, -0.25) is 9.20 Å². The van der Waals surface area contributed by atoms with Crippen molar-refractivity contribution < 1.29 is 19.0 Å². The third-order valence-electron chi connectivity index (χ3n) is 3.53. The second-order valence-corrected chi connectivity index (χ2v) is 6.19. The van der Waals surface area contributed by atoms with Crippen molar-refractivity contribution in [3.63, 3.8) is 0 Å². The summed E-state index contributed by atoms with van der Waals surface area (Å²) in [5, 5.41) is 6.14. The van der Waals surface area contributed by atoms with Crippen molar-refractivity contribution in [2.45, 2.75) is 0 Å². The average Bonchev–Trinajstić information content (AvgIpc) is 3.21. The third kappa shape index (κ3) is 3.31. The zero-order chi connectivity index (χ0) is 18.7. The monoisotopic (exact) mass is 394 g/mol. The standard InChI is InChI=1S/C16H15ClN4O4S/c1-23-11-6-9(7-12(24-2)13(11)25-3)15(22)20-18-8-10-14(17)19-16-21(10)4-5-26-16/h4-8H,1-3H3,(H,20,22)/b18-8-. The minimum atomic E-state index is -0.442. The number of carbonyl (C=O) groups excluding carboxylic acids is 1. The van der Waals surface area contributed by atoms with E-state index in [1.807, 2.05) is 11.6 Å². The number of ether oxygens (including phenoxy) is 3. The van der Waals surface area contributed by atoms with Gasteiger partial charge in [-0.05, 0) is 12.1 Å². The number of benzene rings is 1. The van der Waals surface area contributed by atoms with Crippen LogP contribution in [0.15, 0.2) is 28.8 Å². The minimum Gasteiger partial charge on any atom is -0.493 e. The molecule has 2 aromatic heterocycles. The molecule has 1 amide bonds. The molecule has 0 fully saturated rings. The van der Waals surface area contributed by atoms with Crippen molar-refractivity contribution >= 4 is 40.0 Å². The predicted molar refractivity (Wildman–Crippen MR) is 99.2 cm³/mol. The van der Waals surface area contributed by atoms with E-state index < -0.39 is 5.91 Å². The molecule has 26 heavy (non-hydrogen) atoms. The Bertz CT molecular complexity index is 957. The Morgan fingerprint density at radius 1 is 1.27 bits per heavy atom. The molecule has 3 aromatic rings. The van der Waals surface area contributed by atoms with Crippen molar-refractivity contribution in [2.75, 3.05) is 21.3 Å². The number of carbonyl (C=O) groups is 1. The summed E-state index contributed by atoms with van der Waals surface area (Å²) in [4.78, 5) is 17.3. The molecule has 3 rings (SSSR count). The summed E-state index contributed by atoms with van der Waals surface area (Å²) in [6, 6.07) is 3.07. The highest BCUT2D eigenvalue weighted by molar-refractivity contribution is 7.15. The number of halogens is 1. The van der Waals surface area contributed by atoms with Crippen LogP contribution in [0.5, 0.6) is 17.2 Å². The maximum absolute atomic E-state index is 12.4. The average molecular weight is 395 g/mol. The fourth-order valence-electron chi connectivity index (χ4n) is 2.32. The van der Waals surface area contributed by atoms with E-state index in [0.717, 1.165) is 4.96 Å². The molecule has 0 saturated heterocycles. The molecule has 0 unspecified atom stereocenters. The Hall–Kier alpha value is -2.78. The number of hydrazone groups is 1. The smallest absolute Gasteiger partial charge is 0.271 e. The number of hydrogen-bond acceptors (Lipinski definition) is 7. The van der Waals surface area contributed by atoms with Crippen LogP contribution in [0.4, 0.5) is 0 Å². The molecule has 0 aliphatic heterocycles. The van der Waals surface area contributed by atoms with Gasteiger partial charge in [0.15, 0.2) is 21.6 Å². The number of hydrogen-bond donors (Lipinski definition) is 1. The molecule has 8 nitrogen and oxygen atoms in total. The zero-order valence-corrected chi connectivity index (χ0v) is 15.7. The number of thiazole rings is 1. The molecule has 0 aliphatic rings. The largest absolute Gasteiger partial charge is 0.493 e. The van der Waals surface area contributed by atoms with Gasteiger partial charge in [0.1, 0.15) is 5.69 Å². The van der Waals surface area contributed by atoms with E-state index in [4.69, 9.17) is 25.8 Å². The van der Waals surface area contributed by atoms with E-state index in [0.29, 0.717) is 33.7 Å². The van der Waals surface area contributed by atoms with E-state index in [2.05, 4.69) is 15.5 Å². The van der Waals surface area contributed by atoms with E-state index in [-0.39, 0.29) is 0 Å². The molecule has 0 atom stereocenters. The van der Waals surface area contributed by atoms with Crippen LogP contribution in [0, 0.1) is 0 Å². The topological polar surface area (TPSA) is 86.5 Å². The Labute approximate surface area is 158 Å². The van der Waals surface area contributed by atoms with Crippen molar-refractivity contribution in [1.82, 2.24) is 14.8 Å².